The molecule has 0 amide bonds. The van der Waals surface area contributed by atoms with Crippen molar-refractivity contribution < 1.29 is 28.6 Å². The number of carbonyl (C=O) groups excluding carboxylic acids is 3. The van der Waals surface area contributed by atoms with Gasteiger partial charge in [0.15, 0.2) is 6.10 Å². The second kappa shape index (κ2) is 71.6. The molecule has 0 rings (SSSR count). The summed E-state index contributed by atoms with van der Waals surface area (Å²) in [5.74, 6) is -0.852. The van der Waals surface area contributed by atoms with E-state index in [9.17, 15) is 14.4 Å². The molecule has 0 aromatic carbocycles. The monoisotopic (exact) mass is 1160 g/mol. The highest BCUT2D eigenvalue weighted by Crippen LogP contribution is 2.19. The second-order valence-corrected chi connectivity index (χ2v) is 24.8. The standard InChI is InChI=1S/C77H140O6/c1-4-7-10-13-16-19-22-25-28-31-33-35-37-38-39-40-41-43-44-46-49-52-55-58-61-64-67-70-76(79)82-73-74(72-81-75(78)69-66-63-60-57-54-51-48-30-27-24-21-18-15-12-9-6-3)83-77(80)71-68-65-62-59-56-53-50-47-45-42-36-34-32-29-26-23-20-17-14-11-8-5-2/h7,10,16,19,25,28,30,33,35,48,74H,4-6,8-9,11-15,17-18,20-24,26-27,29,31-32,34,36-47,49-73H2,1-3H3/b10-7-,19-16-,28-25-,35-33-,48-30-. The van der Waals surface area contributed by atoms with E-state index in [4.69, 9.17) is 14.2 Å². The summed E-state index contributed by atoms with van der Waals surface area (Å²) in [5, 5.41) is 0. The van der Waals surface area contributed by atoms with E-state index in [1.807, 2.05) is 0 Å². The zero-order valence-electron chi connectivity index (χ0n) is 55.7. The third-order valence-electron chi connectivity index (χ3n) is 16.5. The SMILES string of the molecule is CC/C=C\C/C=C\C/C=C\C/C=C\CCCCCCCCCCCCCCCCC(=O)OCC(COC(=O)CCCCCCC/C=C\CCCCCCCCC)OC(=O)CCCCCCCCCCCCCCCCCCCCCCCC. The van der Waals surface area contributed by atoms with Crippen LogP contribution in [0, 0.1) is 0 Å². The summed E-state index contributed by atoms with van der Waals surface area (Å²) in [7, 11) is 0. The molecule has 0 aromatic heterocycles. The molecule has 1 unspecified atom stereocenters. The van der Waals surface area contributed by atoms with Crippen molar-refractivity contribution in [2.45, 2.75) is 399 Å². The summed E-state index contributed by atoms with van der Waals surface area (Å²) < 4.78 is 17.0. The molecule has 0 spiro atoms. The average molecular weight is 1160 g/mol. The first-order valence-electron chi connectivity index (χ1n) is 36.8. The minimum Gasteiger partial charge on any atom is -0.462 e. The Hall–Kier alpha value is -2.89. The Morgan fingerprint density at radius 3 is 0.747 bits per heavy atom. The number of esters is 3. The summed E-state index contributed by atoms with van der Waals surface area (Å²) >= 11 is 0. The lowest BCUT2D eigenvalue weighted by molar-refractivity contribution is -0.167. The van der Waals surface area contributed by atoms with Gasteiger partial charge < -0.3 is 14.2 Å². The van der Waals surface area contributed by atoms with Crippen LogP contribution >= 0.6 is 0 Å². The molecule has 0 N–H and O–H groups in total. The molecular weight excluding hydrogens is 1020 g/mol. The van der Waals surface area contributed by atoms with E-state index < -0.39 is 6.10 Å². The van der Waals surface area contributed by atoms with Crippen LogP contribution in [0.3, 0.4) is 0 Å². The fourth-order valence-corrected chi connectivity index (χ4v) is 11.0. The smallest absolute Gasteiger partial charge is 0.306 e. The molecule has 6 heteroatoms. The lowest BCUT2D eigenvalue weighted by Gasteiger charge is -2.18. The summed E-state index contributed by atoms with van der Waals surface area (Å²) in [6.07, 6.45) is 92.5. The number of hydrogen-bond donors (Lipinski definition) is 0. The molecule has 0 radical (unpaired) electrons. The van der Waals surface area contributed by atoms with Crippen molar-refractivity contribution in [1.82, 2.24) is 0 Å². The molecule has 0 saturated heterocycles. The number of ether oxygens (including phenoxy) is 3. The van der Waals surface area contributed by atoms with Crippen molar-refractivity contribution in [3.05, 3.63) is 60.8 Å². The molecule has 0 aliphatic heterocycles. The van der Waals surface area contributed by atoms with Crippen LogP contribution in [0.1, 0.15) is 393 Å². The number of unbranched alkanes of at least 4 members (excludes halogenated alkanes) is 47. The van der Waals surface area contributed by atoms with Crippen LogP contribution < -0.4 is 0 Å². The second-order valence-electron chi connectivity index (χ2n) is 24.8. The number of hydrogen-bond acceptors (Lipinski definition) is 6. The Morgan fingerprint density at radius 2 is 0.470 bits per heavy atom. The lowest BCUT2D eigenvalue weighted by Crippen LogP contribution is -2.30. The van der Waals surface area contributed by atoms with Crippen molar-refractivity contribution in [3.63, 3.8) is 0 Å². The predicted octanol–water partition coefficient (Wildman–Crippen LogP) is 25.5. The number of carbonyl (C=O) groups is 3. The first kappa shape index (κ1) is 80.1. The van der Waals surface area contributed by atoms with Crippen LogP contribution in [0.25, 0.3) is 0 Å². The molecule has 0 aliphatic rings. The van der Waals surface area contributed by atoms with Crippen molar-refractivity contribution in [3.8, 4) is 0 Å². The molecule has 0 bridgehead atoms. The van der Waals surface area contributed by atoms with Gasteiger partial charge in [0.25, 0.3) is 0 Å². The summed E-state index contributed by atoms with van der Waals surface area (Å²) in [5.41, 5.74) is 0. The number of rotatable bonds is 68. The van der Waals surface area contributed by atoms with E-state index >= 15 is 0 Å². The van der Waals surface area contributed by atoms with Gasteiger partial charge >= 0.3 is 17.9 Å². The molecule has 0 aliphatic carbocycles. The third-order valence-corrected chi connectivity index (χ3v) is 16.5. The minimum atomic E-state index is -0.777. The predicted molar refractivity (Wildman–Crippen MR) is 362 cm³/mol. The van der Waals surface area contributed by atoms with Gasteiger partial charge in [-0.15, -0.1) is 0 Å². The Kier molecular flexibility index (Phi) is 69.1. The van der Waals surface area contributed by atoms with E-state index in [2.05, 4.69) is 81.5 Å². The van der Waals surface area contributed by atoms with Crippen LogP contribution in [0.15, 0.2) is 60.8 Å². The molecule has 0 heterocycles. The Morgan fingerprint density at radius 1 is 0.253 bits per heavy atom. The average Bonchev–Trinajstić information content (AvgIpc) is 3.49. The van der Waals surface area contributed by atoms with Crippen LogP contribution in [0.4, 0.5) is 0 Å². The Labute approximate surface area is 517 Å². The van der Waals surface area contributed by atoms with Gasteiger partial charge in [-0.05, 0) is 83.5 Å². The van der Waals surface area contributed by atoms with Crippen molar-refractivity contribution in [1.29, 1.82) is 0 Å². The van der Waals surface area contributed by atoms with E-state index in [0.717, 1.165) is 89.9 Å². The summed E-state index contributed by atoms with van der Waals surface area (Å²) in [4.78, 5) is 38.5. The van der Waals surface area contributed by atoms with E-state index in [1.54, 1.807) is 0 Å². The molecule has 0 fully saturated rings. The van der Waals surface area contributed by atoms with Crippen molar-refractivity contribution in [2.24, 2.45) is 0 Å². The van der Waals surface area contributed by atoms with Gasteiger partial charge in [0.05, 0.1) is 0 Å². The molecule has 0 saturated carbocycles. The Bertz CT molecular complexity index is 1470. The van der Waals surface area contributed by atoms with E-state index in [-0.39, 0.29) is 31.1 Å². The van der Waals surface area contributed by atoms with Crippen LogP contribution in [0.5, 0.6) is 0 Å². The fourth-order valence-electron chi connectivity index (χ4n) is 11.0. The van der Waals surface area contributed by atoms with Crippen molar-refractivity contribution in [2.75, 3.05) is 13.2 Å². The first-order chi connectivity index (χ1) is 41.0. The van der Waals surface area contributed by atoms with Gasteiger partial charge in [-0.25, -0.2) is 0 Å². The zero-order chi connectivity index (χ0) is 59.9. The largest absolute Gasteiger partial charge is 0.462 e. The van der Waals surface area contributed by atoms with Gasteiger partial charge in [-0.1, -0.05) is 351 Å². The maximum Gasteiger partial charge on any atom is 0.306 e. The molecule has 1 atom stereocenters. The molecular formula is C77H140O6. The summed E-state index contributed by atoms with van der Waals surface area (Å²) in [6, 6.07) is 0. The quantitative estimate of drug-likeness (QED) is 0.0261. The topological polar surface area (TPSA) is 78.9 Å². The molecule has 0 aromatic rings. The van der Waals surface area contributed by atoms with Crippen LogP contribution in [0.2, 0.25) is 0 Å². The zero-order valence-corrected chi connectivity index (χ0v) is 55.7. The van der Waals surface area contributed by atoms with Crippen LogP contribution in [-0.4, -0.2) is 37.2 Å². The highest BCUT2D eigenvalue weighted by Gasteiger charge is 2.19. The van der Waals surface area contributed by atoms with Gasteiger partial charge in [0.2, 0.25) is 0 Å². The van der Waals surface area contributed by atoms with Gasteiger partial charge in [0, 0.05) is 19.3 Å². The maximum atomic E-state index is 13.0. The first-order valence-corrected chi connectivity index (χ1v) is 36.8. The maximum absolute atomic E-state index is 13.0. The van der Waals surface area contributed by atoms with E-state index in [0.29, 0.717) is 19.3 Å². The summed E-state index contributed by atoms with van der Waals surface area (Å²) in [6.45, 7) is 6.59. The Balaban J connectivity index is 4.28. The third kappa shape index (κ3) is 69.8. The normalized spacial score (nSPS) is 12.4. The highest BCUT2D eigenvalue weighted by atomic mass is 16.6. The fraction of sp³-hybridized carbons (Fsp3) is 0.831. The van der Waals surface area contributed by atoms with Gasteiger partial charge in [-0.3, -0.25) is 14.4 Å². The van der Waals surface area contributed by atoms with E-state index in [1.165, 1.54) is 263 Å². The van der Waals surface area contributed by atoms with Gasteiger partial charge in [-0.2, -0.15) is 0 Å². The van der Waals surface area contributed by atoms with Gasteiger partial charge in [0.1, 0.15) is 13.2 Å². The van der Waals surface area contributed by atoms with Crippen LogP contribution in [-0.2, 0) is 28.6 Å². The lowest BCUT2D eigenvalue weighted by atomic mass is 10.0. The molecule has 83 heavy (non-hydrogen) atoms. The number of allylic oxidation sites excluding steroid dienone is 10. The highest BCUT2D eigenvalue weighted by molar-refractivity contribution is 5.71. The molecule has 484 valence electrons. The minimum absolute atomic E-state index is 0.0720. The molecule has 6 nitrogen and oxygen atoms in total. The van der Waals surface area contributed by atoms with Crippen molar-refractivity contribution >= 4 is 17.9 Å².